The lowest BCUT2D eigenvalue weighted by molar-refractivity contribution is -0.118. The molecule has 1 fully saturated rings. The van der Waals surface area contributed by atoms with Gasteiger partial charge in [-0.3, -0.25) is 4.79 Å². The second-order valence-electron chi connectivity index (χ2n) is 9.03. The van der Waals surface area contributed by atoms with Crippen LogP contribution in [0.2, 0.25) is 0 Å². The van der Waals surface area contributed by atoms with Crippen molar-refractivity contribution in [3.05, 3.63) is 72.3 Å². The van der Waals surface area contributed by atoms with Crippen molar-refractivity contribution in [2.45, 2.75) is 26.2 Å². The van der Waals surface area contributed by atoms with Crippen LogP contribution in [0.25, 0.3) is 22.0 Å². The number of hydrogen-bond acceptors (Lipinski definition) is 6. The molecular formula is C29H30N4O3. The average Bonchev–Trinajstić information content (AvgIpc) is 2.92. The van der Waals surface area contributed by atoms with Crippen molar-refractivity contribution in [3.63, 3.8) is 0 Å². The molecule has 0 aliphatic carbocycles. The molecule has 1 aliphatic heterocycles. The molecule has 0 unspecified atom stereocenters. The van der Waals surface area contributed by atoms with E-state index in [2.05, 4.69) is 26.5 Å². The minimum atomic E-state index is -0.211. The molecule has 184 valence electrons. The van der Waals surface area contributed by atoms with Crippen molar-refractivity contribution < 1.29 is 14.3 Å². The zero-order valence-electron chi connectivity index (χ0n) is 20.7. The van der Waals surface area contributed by atoms with Crippen molar-refractivity contribution in [1.29, 1.82) is 0 Å². The van der Waals surface area contributed by atoms with Crippen LogP contribution >= 0.6 is 0 Å². The number of rotatable bonds is 7. The summed E-state index contributed by atoms with van der Waals surface area (Å²) in [6, 6.07) is 21.7. The Kier molecular flexibility index (Phi) is 6.98. The number of amides is 1. The number of nitrogens with one attached hydrogen (secondary N) is 1. The van der Waals surface area contributed by atoms with E-state index in [9.17, 15) is 4.79 Å². The summed E-state index contributed by atoms with van der Waals surface area (Å²) in [6.07, 6.45) is 3.51. The Morgan fingerprint density at radius 2 is 1.69 bits per heavy atom. The second kappa shape index (κ2) is 10.6. The van der Waals surface area contributed by atoms with Gasteiger partial charge in [-0.15, -0.1) is 10.2 Å². The Balaban J connectivity index is 1.46. The first kappa shape index (κ1) is 23.6. The number of fused-ring (bicyclic) bond motifs is 1. The highest BCUT2D eigenvalue weighted by Gasteiger charge is 2.19. The predicted molar refractivity (Wildman–Crippen MR) is 143 cm³/mol. The van der Waals surface area contributed by atoms with E-state index < -0.39 is 0 Å². The van der Waals surface area contributed by atoms with Gasteiger partial charge in [-0.25, -0.2) is 0 Å². The molecule has 0 bridgehead atoms. The first-order valence-electron chi connectivity index (χ1n) is 12.3. The lowest BCUT2D eigenvalue weighted by Gasteiger charge is -2.31. The molecule has 0 atom stereocenters. The molecule has 0 radical (unpaired) electrons. The average molecular weight is 483 g/mol. The fourth-order valence-electron chi connectivity index (χ4n) is 4.61. The van der Waals surface area contributed by atoms with E-state index in [0.717, 1.165) is 64.9 Å². The molecular weight excluding hydrogens is 452 g/mol. The smallest absolute Gasteiger partial charge is 0.262 e. The first-order valence-corrected chi connectivity index (χ1v) is 12.3. The standard InChI is InChI=1S/C29H30N4O3/c1-20-10-13-22(14-11-20)36-19-27(34)30-25-18-21(12-15-26(25)33-16-6-3-7-17-33)28-23-8-4-5-9-24(23)29(35-2)32-31-28/h4-5,8-15,18H,3,6-7,16-17,19H2,1-2H3,(H,30,34). The van der Waals surface area contributed by atoms with E-state index in [-0.39, 0.29) is 12.5 Å². The number of carbonyl (C=O) groups excluding carboxylic acids is 1. The summed E-state index contributed by atoms with van der Waals surface area (Å²) in [4.78, 5) is 15.3. The molecule has 1 amide bonds. The highest BCUT2D eigenvalue weighted by Crippen LogP contribution is 2.36. The summed E-state index contributed by atoms with van der Waals surface area (Å²) in [7, 11) is 1.59. The predicted octanol–water partition coefficient (Wildman–Crippen LogP) is 5.62. The van der Waals surface area contributed by atoms with E-state index in [1.807, 2.05) is 67.6 Å². The number of ether oxygens (including phenoxy) is 2. The number of methoxy groups -OCH3 is 1. The maximum Gasteiger partial charge on any atom is 0.262 e. The lowest BCUT2D eigenvalue weighted by Crippen LogP contribution is -2.31. The van der Waals surface area contributed by atoms with Crippen molar-refractivity contribution in [2.24, 2.45) is 0 Å². The molecule has 1 aromatic heterocycles. The minimum absolute atomic E-state index is 0.0714. The Morgan fingerprint density at radius 1 is 0.944 bits per heavy atom. The first-order chi connectivity index (χ1) is 17.6. The van der Waals surface area contributed by atoms with Gasteiger partial charge in [0.25, 0.3) is 5.91 Å². The van der Waals surface area contributed by atoms with E-state index in [0.29, 0.717) is 11.6 Å². The van der Waals surface area contributed by atoms with Crippen LogP contribution in [0.5, 0.6) is 11.6 Å². The molecule has 4 aromatic rings. The quantitative estimate of drug-likeness (QED) is 0.368. The molecule has 1 aliphatic rings. The van der Waals surface area contributed by atoms with Gasteiger partial charge in [0.1, 0.15) is 11.4 Å². The van der Waals surface area contributed by atoms with Crippen molar-refractivity contribution in [1.82, 2.24) is 10.2 Å². The van der Waals surface area contributed by atoms with Crippen LogP contribution in [-0.2, 0) is 4.79 Å². The number of piperidine rings is 1. The van der Waals surface area contributed by atoms with Crippen LogP contribution in [0, 0.1) is 6.92 Å². The van der Waals surface area contributed by atoms with Gasteiger partial charge in [0.05, 0.1) is 18.5 Å². The Bertz CT molecular complexity index is 1370. The van der Waals surface area contributed by atoms with Crippen molar-refractivity contribution >= 4 is 28.1 Å². The van der Waals surface area contributed by atoms with Gasteiger partial charge in [-0.1, -0.05) is 42.0 Å². The molecule has 0 saturated carbocycles. The highest BCUT2D eigenvalue weighted by atomic mass is 16.5. The summed E-state index contributed by atoms with van der Waals surface area (Å²) in [6.45, 7) is 3.88. The summed E-state index contributed by atoms with van der Waals surface area (Å²) in [5.74, 6) is 0.943. The lowest BCUT2D eigenvalue weighted by atomic mass is 10.0. The molecule has 2 heterocycles. The summed E-state index contributed by atoms with van der Waals surface area (Å²) in [5.41, 5.74) is 4.50. The van der Waals surface area contributed by atoms with E-state index in [1.54, 1.807) is 7.11 Å². The van der Waals surface area contributed by atoms with Gasteiger partial charge in [-0.05, 0) is 56.5 Å². The molecule has 36 heavy (non-hydrogen) atoms. The Hall–Kier alpha value is -4.13. The van der Waals surface area contributed by atoms with Crippen LogP contribution < -0.4 is 19.7 Å². The maximum absolute atomic E-state index is 12.9. The third kappa shape index (κ3) is 5.10. The third-order valence-corrected chi connectivity index (χ3v) is 6.48. The number of benzene rings is 3. The molecule has 7 heteroatoms. The number of carbonyl (C=O) groups is 1. The van der Waals surface area contributed by atoms with Gasteiger partial charge >= 0.3 is 0 Å². The van der Waals surface area contributed by atoms with Crippen LogP contribution in [0.4, 0.5) is 11.4 Å². The highest BCUT2D eigenvalue weighted by molar-refractivity contribution is 6.00. The molecule has 3 aromatic carbocycles. The van der Waals surface area contributed by atoms with E-state index in [4.69, 9.17) is 9.47 Å². The fraction of sp³-hybridized carbons (Fsp3) is 0.276. The molecule has 1 saturated heterocycles. The number of anilines is 2. The summed E-state index contributed by atoms with van der Waals surface area (Å²) in [5, 5.41) is 13.7. The molecule has 0 spiro atoms. The largest absolute Gasteiger partial charge is 0.484 e. The van der Waals surface area contributed by atoms with Gasteiger partial charge < -0.3 is 19.7 Å². The zero-order chi connectivity index (χ0) is 24.9. The van der Waals surface area contributed by atoms with Gasteiger partial charge in [0, 0.05) is 29.4 Å². The van der Waals surface area contributed by atoms with Crippen molar-refractivity contribution in [3.8, 4) is 22.9 Å². The van der Waals surface area contributed by atoms with Crippen LogP contribution in [0.15, 0.2) is 66.7 Å². The Labute approximate surface area is 211 Å². The van der Waals surface area contributed by atoms with Gasteiger partial charge in [0.15, 0.2) is 6.61 Å². The molecule has 1 N–H and O–H groups in total. The fourth-order valence-corrected chi connectivity index (χ4v) is 4.61. The van der Waals surface area contributed by atoms with Gasteiger partial charge in [-0.2, -0.15) is 0 Å². The van der Waals surface area contributed by atoms with Crippen molar-refractivity contribution in [2.75, 3.05) is 37.0 Å². The Morgan fingerprint density at radius 3 is 2.44 bits per heavy atom. The van der Waals surface area contributed by atoms with Gasteiger partial charge in [0.2, 0.25) is 5.88 Å². The van der Waals surface area contributed by atoms with E-state index in [1.165, 1.54) is 6.42 Å². The summed E-state index contributed by atoms with van der Waals surface area (Å²) < 4.78 is 11.1. The number of nitrogens with zero attached hydrogens (tertiary/aromatic N) is 3. The second-order valence-corrected chi connectivity index (χ2v) is 9.03. The van der Waals surface area contributed by atoms with E-state index >= 15 is 0 Å². The van der Waals surface area contributed by atoms with Crippen LogP contribution in [0.1, 0.15) is 24.8 Å². The zero-order valence-corrected chi connectivity index (χ0v) is 20.7. The number of aryl methyl sites for hydroxylation is 1. The third-order valence-electron chi connectivity index (χ3n) is 6.48. The maximum atomic E-state index is 12.9. The molecule has 7 nitrogen and oxygen atoms in total. The SMILES string of the molecule is COc1nnc(-c2ccc(N3CCCCC3)c(NC(=O)COc3ccc(C)cc3)c2)c2ccccc12. The summed E-state index contributed by atoms with van der Waals surface area (Å²) >= 11 is 0. The normalized spacial score (nSPS) is 13.4. The number of hydrogen-bond donors (Lipinski definition) is 1. The minimum Gasteiger partial charge on any atom is -0.484 e. The topological polar surface area (TPSA) is 76.6 Å². The molecule has 5 rings (SSSR count). The van der Waals surface area contributed by atoms with Crippen LogP contribution in [-0.4, -0.2) is 42.9 Å². The number of aromatic nitrogens is 2. The van der Waals surface area contributed by atoms with Crippen LogP contribution in [0.3, 0.4) is 0 Å². The monoisotopic (exact) mass is 482 g/mol.